The molecule has 4 heteroatoms. The lowest BCUT2D eigenvalue weighted by atomic mass is 9.95. The highest BCUT2D eigenvalue weighted by Gasteiger charge is 2.22. The SMILES string of the molecule is CCC(C)(C)NC(=O)c1cccc(NC(=O)C(C)(C)C)c1. The first-order valence-corrected chi connectivity index (χ1v) is 7.29. The first-order chi connectivity index (χ1) is 9.55. The van der Waals surface area contributed by atoms with Gasteiger partial charge in [-0.1, -0.05) is 33.8 Å². The smallest absolute Gasteiger partial charge is 0.251 e. The predicted octanol–water partition coefficient (Wildman–Crippen LogP) is 3.59. The topological polar surface area (TPSA) is 58.2 Å². The van der Waals surface area contributed by atoms with E-state index >= 15 is 0 Å². The van der Waals surface area contributed by atoms with Crippen molar-refractivity contribution in [3.8, 4) is 0 Å². The van der Waals surface area contributed by atoms with Crippen LogP contribution in [0.15, 0.2) is 24.3 Å². The second-order valence-electron chi connectivity index (χ2n) is 6.98. The van der Waals surface area contributed by atoms with Crippen molar-refractivity contribution in [2.24, 2.45) is 5.41 Å². The molecule has 0 spiro atoms. The Labute approximate surface area is 127 Å². The fraction of sp³-hybridized carbons (Fsp3) is 0.529. The maximum absolute atomic E-state index is 12.2. The molecule has 0 fully saturated rings. The summed E-state index contributed by atoms with van der Waals surface area (Å²) in [4.78, 5) is 24.2. The Balaban J connectivity index is 2.86. The zero-order valence-corrected chi connectivity index (χ0v) is 13.8. The van der Waals surface area contributed by atoms with Crippen molar-refractivity contribution in [3.63, 3.8) is 0 Å². The van der Waals surface area contributed by atoms with Gasteiger partial charge in [0.15, 0.2) is 0 Å². The van der Waals surface area contributed by atoms with Crippen molar-refractivity contribution in [2.45, 2.75) is 53.5 Å². The van der Waals surface area contributed by atoms with Crippen LogP contribution in [-0.2, 0) is 4.79 Å². The van der Waals surface area contributed by atoms with Crippen LogP contribution in [-0.4, -0.2) is 17.4 Å². The lowest BCUT2D eigenvalue weighted by Crippen LogP contribution is -2.42. The van der Waals surface area contributed by atoms with Crippen molar-refractivity contribution in [3.05, 3.63) is 29.8 Å². The molecule has 0 aliphatic heterocycles. The van der Waals surface area contributed by atoms with E-state index in [1.54, 1.807) is 24.3 Å². The predicted molar refractivity (Wildman–Crippen MR) is 86.4 cm³/mol. The van der Waals surface area contributed by atoms with Gasteiger partial charge >= 0.3 is 0 Å². The van der Waals surface area contributed by atoms with Crippen LogP contribution < -0.4 is 10.6 Å². The van der Waals surface area contributed by atoms with Gasteiger partial charge in [-0.05, 0) is 38.5 Å². The van der Waals surface area contributed by atoms with E-state index < -0.39 is 5.41 Å². The van der Waals surface area contributed by atoms with Crippen LogP contribution in [0.2, 0.25) is 0 Å². The van der Waals surface area contributed by atoms with Crippen molar-refractivity contribution < 1.29 is 9.59 Å². The molecular formula is C17H26N2O2. The number of carbonyl (C=O) groups is 2. The van der Waals surface area contributed by atoms with Crippen molar-refractivity contribution in [1.29, 1.82) is 0 Å². The number of rotatable bonds is 4. The molecule has 1 rings (SSSR count). The lowest BCUT2D eigenvalue weighted by Gasteiger charge is -2.24. The molecular weight excluding hydrogens is 264 g/mol. The molecule has 0 atom stereocenters. The number of amides is 2. The zero-order chi connectivity index (χ0) is 16.3. The van der Waals surface area contributed by atoms with Crippen molar-refractivity contribution >= 4 is 17.5 Å². The number of nitrogens with one attached hydrogen (secondary N) is 2. The molecule has 0 aliphatic carbocycles. The van der Waals surface area contributed by atoms with Gasteiger partial charge in [0.25, 0.3) is 5.91 Å². The van der Waals surface area contributed by atoms with Crippen LogP contribution in [0.25, 0.3) is 0 Å². The van der Waals surface area contributed by atoms with Crippen LogP contribution in [0.3, 0.4) is 0 Å². The lowest BCUT2D eigenvalue weighted by molar-refractivity contribution is -0.123. The van der Waals surface area contributed by atoms with Gasteiger partial charge < -0.3 is 10.6 Å². The highest BCUT2D eigenvalue weighted by molar-refractivity contribution is 5.98. The summed E-state index contributed by atoms with van der Waals surface area (Å²) in [6.45, 7) is 11.5. The first-order valence-electron chi connectivity index (χ1n) is 7.29. The van der Waals surface area contributed by atoms with E-state index in [0.29, 0.717) is 11.3 Å². The molecule has 0 radical (unpaired) electrons. The summed E-state index contributed by atoms with van der Waals surface area (Å²) in [6, 6.07) is 7.00. The molecule has 1 aromatic carbocycles. The Morgan fingerprint density at radius 3 is 2.24 bits per heavy atom. The van der Waals surface area contributed by atoms with E-state index in [1.165, 1.54) is 0 Å². The minimum atomic E-state index is -0.470. The Morgan fingerprint density at radius 2 is 1.71 bits per heavy atom. The molecule has 2 amide bonds. The third kappa shape index (κ3) is 5.21. The number of hydrogen-bond acceptors (Lipinski definition) is 2. The quantitative estimate of drug-likeness (QED) is 0.890. The van der Waals surface area contributed by atoms with Gasteiger partial charge in [0, 0.05) is 22.2 Å². The summed E-state index contributed by atoms with van der Waals surface area (Å²) < 4.78 is 0. The van der Waals surface area contributed by atoms with E-state index in [9.17, 15) is 9.59 Å². The van der Waals surface area contributed by atoms with Gasteiger partial charge in [0.2, 0.25) is 5.91 Å². The minimum Gasteiger partial charge on any atom is -0.347 e. The first kappa shape index (κ1) is 17.2. The molecule has 0 aliphatic rings. The number of anilines is 1. The van der Waals surface area contributed by atoms with Crippen LogP contribution >= 0.6 is 0 Å². The van der Waals surface area contributed by atoms with E-state index in [-0.39, 0.29) is 17.4 Å². The number of hydrogen-bond donors (Lipinski definition) is 2. The van der Waals surface area contributed by atoms with Gasteiger partial charge in [-0.2, -0.15) is 0 Å². The van der Waals surface area contributed by atoms with Crippen LogP contribution in [0.4, 0.5) is 5.69 Å². The standard InChI is InChI=1S/C17H26N2O2/c1-7-17(5,6)19-14(20)12-9-8-10-13(11-12)18-15(21)16(2,3)4/h8-11H,7H2,1-6H3,(H,18,21)(H,19,20). The van der Waals surface area contributed by atoms with E-state index in [4.69, 9.17) is 0 Å². The average molecular weight is 290 g/mol. The molecule has 0 aromatic heterocycles. The summed E-state index contributed by atoms with van der Waals surface area (Å²) in [5.41, 5.74) is 0.463. The minimum absolute atomic E-state index is 0.0750. The fourth-order valence-corrected chi connectivity index (χ4v) is 1.52. The molecule has 0 saturated heterocycles. The largest absolute Gasteiger partial charge is 0.347 e. The fourth-order valence-electron chi connectivity index (χ4n) is 1.52. The molecule has 4 nitrogen and oxygen atoms in total. The van der Waals surface area contributed by atoms with Crippen molar-refractivity contribution in [1.82, 2.24) is 5.32 Å². The highest BCUT2D eigenvalue weighted by Crippen LogP contribution is 2.18. The van der Waals surface area contributed by atoms with E-state index in [2.05, 4.69) is 10.6 Å². The number of carbonyl (C=O) groups excluding carboxylic acids is 2. The summed E-state index contributed by atoms with van der Waals surface area (Å²) >= 11 is 0. The average Bonchev–Trinajstić information content (AvgIpc) is 2.37. The summed E-state index contributed by atoms with van der Waals surface area (Å²) in [7, 11) is 0. The third-order valence-electron chi connectivity index (χ3n) is 3.40. The van der Waals surface area contributed by atoms with Crippen LogP contribution in [0, 0.1) is 5.41 Å². The van der Waals surface area contributed by atoms with Gasteiger partial charge in [-0.15, -0.1) is 0 Å². The Kier molecular flexibility index (Phi) is 5.15. The van der Waals surface area contributed by atoms with Crippen LogP contribution in [0.5, 0.6) is 0 Å². The molecule has 21 heavy (non-hydrogen) atoms. The summed E-state index contributed by atoms with van der Waals surface area (Å²) in [5.74, 6) is -0.206. The molecule has 0 heterocycles. The molecule has 1 aromatic rings. The van der Waals surface area contributed by atoms with Crippen LogP contribution in [0.1, 0.15) is 58.3 Å². The number of benzene rings is 1. The molecule has 0 saturated carbocycles. The molecule has 2 N–H and O–H groups in total. The van der Waals surface area contributed by atoms with Gasteiger partial charge in [0.1, 0.15) is 0 Å². The molecule has 0 bridgehead atoms. The normalized spacial score (nSPS) is 11.9. The van der Waals surface area contributed by atoms with Gasteiger partial charge in [0.05, 0.1) is 0 Å². The van der Waals surface area contributed by atoms with Crippen molar-refractivity contribution in [2.75, 3.05) is 5.32 Å². The highest BCUT2D eigenvalue weighted by atomic mass is 16.2. The Hall–Kier alpha value is -1.84. The Bertz CT molecular complexity index is 528. The van der Waals surface area contributed by atoms with E-state index in [0.717, 1.165) is 6.42 Å². The second kappa shape index (κ2) is 6.29. The maximum atomic E-state index is 12.2. The Morgan fingerprint density at radius 1 is 1.10 bits per heavy atom. The zero-order valence-electron chi connectivity index (χ0n) is 13.8. The van der Waals surface area contributed by atoms with Gasteiger partial charge in [-0.3, -0.25) is 9.59 Å². The van der Waals surface area contributed by atoms with E-state index in [1.807, 2.05) is 41.5 Å². The monoisotopic (exact) mass is 290 g/mol. The second-order valence-corrected chi connectivity index (χ2v) is 6.98. The van der Waals surface area contributed by atoms with Gasteiger partial charge in [-0.25, -0.2) is 0 Å². The molecule has 0 unspecified atom stereocenters. The summed E-state index contributed by atoms with van der Waals surface area (Å²) in [6.07, 6.45) is 0.846. The third-order valence-corrected chi connectivity index (χ3v) is 3.40. The summed E-state index contributed by atoms with van der Waals surface area (Å²) in [5, 5.41) is 5.82. The molecule has 116 valence electrons. The maximum Gasteiger partial charge on any atom is 0.251 e.